The first-order valence-corrected chi connectivity index (χ1v) is 9.12. The first-order chi connectivity index (χ1) is 11.2. The third-order valence-corrected chi connectivity index (χ3v) is 4.70. The highest BCUT2D eigenvalue weighted by Crippen LogP contribution is 2.32. The summed E-state index contributed by atoms with van der Waals surface area (Å²) in [5.41, 5.74) is 0.0630. The molecule has 7 nitrogen and oxygen atoms in total. The van der Waals surface area contributed by atoms with E-state index in [1.165, 1.54) is 18.2 Å². The summed E-state index contributed by atoms with van der Waals surface area (Å²) < 4.78 is 23.4. The highest BCUT2D eigenvalue weighted by Gasteiger charge is 2.26. The minimum atomic E-state index is -3.76. The Morgan fingerprint density at radius 3 is 2.42 bits per heavy atom. The molecule has 0 aliphatic rings. The largest absolute Gasteiger partial charge is 0.387 e. The number of halogens is 1. The van der Waals surface area contributed by atoms with Crippen LogP contribution in [0.4, 0.5) is 11.4 Å². The molecule has 0 bridgehead atoms. The molecule has 0 aliphatic heterocycles. The van der Waals surface area contributed by atoms with E-state index in [1.807, 2.05) is 0 Å². The third kappa shape index (κ3) is 4.22. The zero-order valence-corrected chi connectivity index (χ0v) is 14.2. The second-order valence-corrected chi connectivity index (χ2v) is 7.55. The van der Waals surface area contributed by atoms with Crippen molar-refractivity contribution in [2.45, 2.75) is 11.0 Å². The summed E-state index contributed by atoms with van der Waals surface area (Å²) in [4.78, 5) is 10.1. The van der Waals surface area contributed by atoms with E-state index in [1.54, 1.807) is 24.3 Å². The standard InChI is InChI=1S/C15H15ClN2O5S/c1-24(22,23)14-4-2-3-12(15(14)18(20)21)17-9-13(19)10-5-7-11(16)8-6-10/h2-8,13,17,19H,9H2,1H3. The maximum Gasteiger partial charge on any atom is 0.310 e. The van der Waals surface area contributed by atoms with Crippen LogP contribution in [0.15, 0.2) is 47.4 Å². The van der Waals surface area contributed by atoms with Gasteiger partial charge in [-0.15, -0.1) is 0 Å². The highest BCUT2D eigenvalue weighted by molar-refractivity contribution is 7.90. The monoisotopic (exact) mass is 370 g/mol. The van der Waals surface area contributed by atoms with Gasteiger partial charge < -0.3 is 10.4 Å². The molecule has 0 spiro atoms. The molecule has 128 valence electrons. The molecule has 0 aliphatic carbocycles. The van der Waals surface area contributed by atoms with Crippen LogP contribution in [0.3, 0.4) is 0 Å². The van der Waals surface area contributed by atoms with Gasteiger partial charge in [-0.2, -0.15) is 0 Å². The Balaban J connectivity index is 2.27. The third-order valence-electron chi connectivity index (χ3n) is 3.32. The minimum Gasteiger partial charge on any atom is -0.387 e. The molecule has 0 aromatic heterocycles. The molecule has 1 atom stereocenters. The van der Waals surface area contributed by atoms with Gasteiger partial charge in [-0.25, -0.2) is 8.42 Å². The van der Waals surface area contributed by atoms with E-state index >= 15 is 0 Å². The first kappa shape index (κ1) is 18.2. The number of benzene rings is 2. The fraction of sp³-hybridized carbons (Fsp3) is 0.200. The lowest BCUT2D eigenvalue weighted by atomic mass is 10.1. The van der Waals surface area contributed by atoms with Gasteiger partial charge in [0.05, 0.1) is 11.0 Å². The topological polar surface area (TPSA) is 110 Å². The van der Waals surface area contributed by atoms with Crippen molar-refractivity contribution in [3.8, 4) is 0 Å². The number of para-hydroxylation sites is 1. The molecule has 0 amide bonds. The van der Waals surface area contributed by atoms with Gasteiger partial charge in [0.15, 0.2) is 9.84 Å². The molecule has 1 unspecified atom stereocenters. The number of hydrogen-bond donors (Lipinski definition) is 2. The normalized spacial score (nSPS) is 12.6. The summed E-state index contributed by atoms with van der Waals surface area (Å²) in [6, 6.07) is 10.5. The van der Waals surface area contributed by atoms with Gasteiger partial charge in [0.1, 0.15) is 10.6 Å². The van der Waals surface area contributed by atoms with Crippen molar-refractivity contribution in [2.75, 3.05) is 18.1 Å². The minimum absolute atomic E-state index is 0.0240. The Kier molecular flexibility index (Phi) is 5.43. The molecular weight excluding hydrogens is 356 g/mol. The maximum atomic E-state index is 11.7. The Bertz CT molecular complexity index is 853. The van der Waals surface area contributed by atoms with Crippen LogP contribution in [0.5, 0.6) is 0 Å². The van der Waals surface area contributed by atoms with Crippen LogP contribution in [0.25, 0.3) is 0 Å². The van der Waals surface area contributed by atoms with E-state index in [4.69, 9.17) is 11.6 Å². The predicted octanol–water partition coefficient (Wildman–Crippen LogP) is 2.80. The summed E-state index contributed by atoms with van der Waals surface area (Å²) in [5.74, 6) is 0. The molecule has 0 fully saturated rings. The summed E-state index contributed by atoms with van der Waals surface area (Å²) in [6.45, 7) is -0.0321. The van der Waals surface area contributed by atoms with E-state index < -0.39 is 26.6 Å². The van der Waals surface area contributed by atoms with Crippen LogP contribution in [-0.2, 0) is 9.84 Å². The van der Waals surface area contributed by atoms with E-state index in [-0.39, 0.29) is 17.1 Å². The van der Waals surface area contributed by atoms with Crippen LogP contribution in [0.1, 0.15) is 11.7 Å². The Hall–Kier alpha value is -2.16. The summed E-state index contributed by atoms with van der Waals surface area (Å²) >= 11 is 5.78. The SMILES string of the molecule is CS(=O)(=O)c1cccc(NCC(O)c2ccc(Cl)cc2)c1[N+](=O)[O-]. The lowest BCUT2D eigenvalue weighted by Gasteiger charge is -2.14. The van der Waals surface area contributed by atoms with E-state index in [0.29, 0.717) is 10.6 Å². The van der Waals surface area contributed by atoms with Gasteiger partial charge >= 0.3 is 5.69 Å². The maximum absolute atomic E-state index is 11.7. The number of aliphatic hydroxyl groups excluding tert-OH is 1. The molecule has 24 heavy (non-hydrogen) atoms. The van der Waals surface area contributed by atoms with Gasteiger partial charge in [-0.1, -0.05) is 29.8 Å². The second-order valence-electron chi connectivity index (χ2n) is 5.13. The number of nitrogens with one attached hydrogen (secondary N) is 1. The number of aliphatic hydroxyl groups is 1. The van der Waals surface area contributed by atoms with Crippen molar-refractivity contribution in [1.82, 2.24) is 0 Å². The molecule has 2 aromatic carbocycles. The van der Waals surface area contributed by atoms with Crippen molar-refractivity contribution in [1.29, 1.82) is 0 Å². The molecule has 2 rings (SSSR count). The lowest BCUT2D eigenvalue weighted by Crippen LogP contribution is -2.14. The second kappa shape index (κ2) is 7.16. The van der Waals surface area contributed by atoms with Gasteiger partial charge in [0, 0.05) is 17.8 Å². The molecule has 2 N–H and O–H groups in total. The van der Waals surface area contributed by atoms with E-state index in [9.17, 15) is 23.6 Å². The molecular formula is C15H15ClN2O5S. The number of anilines is 1. The number of sulfone groups is 1. The molecule has 9 heteroatoms. The van der Waals surface area contributed by atoms with Crippen LogP contribution in [0.2, 0.25) is 5.02 Å². The number of rotatable bonds is 6. The number of nitrogens with zero attached hydrogens (tertiary/aromatic N) is 1. The van der Waals surface area contributed by atoms with Gasteiger partial charge in [0.2, 0.25) is 0 Å². The van der Waals surface area contributed by atoms with Gasteiger partial charge in [-0.3, -0.25) is 10.1 Å². The fourth-order valence-electron chi connectivity index (χ4n) is 2.16. The number of hydrogen-bond acceptors (Lipinski definition) is 6. The summed E-state index contributed by atoms with van der Waals surface area (Å²) in [6.07, 6.45) is -0.0365. The quantitative estimate of drug-likeness (QED) is 0.597. The van der Waals surface area contributed by atoms with Crippen molar-refractivity contribution in [2.24, 2.45) is 0 Å². The van der Waals surface area contributed by atoms with Crippen LogP contribution >= 0.6 is 11.6 Å². The number of nitro groups is 1. The zero-order valence-electron chi connectivity index (χ0n) is 12.6. The van der Waals surface area contributed by atoms with Crippen molar-refractivity contribution < 1.29 is 18.4 Å². The summed E-state index contributed by atoms with van der Waals surface area (Å²) in [5, 5.41) is 24.7. The smallest absolute Gasteiger partial charge is 0.310 e. The van der Waals surface area contributed by atoms with E-state index in [2.05, 4.69) is 5.32 Å². The summed E-state index contributed by atoms with van der Waals surface area (Å²) in [7, 11) is -3.76. The Morgan fingerprint density at radius 1 is 1.25 bits per heavy atom. The Labute approximate surface area is 144 Å². The highest BCUT2D eigenvalue weighted by atomic mass is 35.5. The van der Waals surface area contributed by atoms with Gasteiger partial charge in [0.25, 0.3) is 0 Å². The van der Waals surface area contributed by atoms with Crippen LogP contribution in [0, 0.1) is 10.1 Å². The van der Waals surface area contributed by atoms with E-state index in [0.717, 1.165) is 6.26 Å². The van der Waals surface area contributed by atoms with Crippen molar-refractivity contribution >= 4 is 32.8 Å². The fourth-order valence-corrected chi connectivity index (χ4v) is 3.15. The molecule has 2 aromatic rings. The molecule has 0 saturated heterocycles. The average molecular weight is 371 g/mol. The zero-order chi connectivity index (χ0) is 17.9. The van der Waals surface area contributed by atoms with Crippen LogP contribution < -0.4 is 5.32 Å². The molecule has 0 heterocycles. The predicted molar refractivity (Wildman–Crippen MR) is 91.1 cm³/mol. The molecule has 0 saturated carbocycles. The van der Waals surface area contributed by atoms with Gasteiger partial charge in [-0.05, 0) is 29.8 Å². The first-order valence-electron chi connectivity index (χ1n) is 6.85. The van der Waals surface area contributed by atoms with Crippen LogP contribution in [-0.4, -0.2) is 31.2 Å². The van der Waals surface area contributed by atoms with Crippen molar-refractivity contribution in [3.05, 3.63) is 63.2 Å². The lowest BCUT2D eigenvalue weighted by molar-refractivity contribution is -0.386. The number of nitro benzene ring substituents is 1. The van der Waals surface area contributed by atoms with Crippen molar-refractivity contribution in [3.63, 3.8) is 0 Å². The Morgan fingerprint density at radius 2 is 1.88 bits per heavy atom. The molecule has 0 radical (unpaired) electrons. The average Bonchev–Trinajstić information content (AvgIpc) is 2.51.